The molecule has 0 spiro atoms. The quantitative estimate of drug-likeness (QED) is 0.805. The van der Waals surface area contributed by atoms with Crippen molar-refractivity contribution in [3.63, 3.8) is 0 Å². The molecule has 1 aliphatic rings. The van der Waals surface area contributed by atoms with Gasteiger partial charge in [0, 0.05) is 26.0 Å². The Kier molecular flexibility index (Phi) is 3.96. The summed E-state index contributed by atoms with van der Waals surface area (Å²) in [6.07, 6.45) is 5.13. The van der Waals surface area contributed by atoms with Gasteiger partial charge in [0.05, 0.1) is 6.54 Å². The Morgan fingerprint density at radius 3 is 3.19 bits per heavy atom. The molecule has 1 saturated heterocycles. The van der Waals surface area contributed by atoms with E-state index in [4.69, 9.17) is 0 Å². The third kappa shape index (κ3) is 3.06. The Balaban J connectivity index is 1.94. The lowest BCUT2D eigenvalue weighted by Crippen LogP contribution is -2.38. The van der Waals surface area contributed by atoms with Crippen LogP contribution in [0.5, 0.6) is 0 Å². The van der Waals surface area contributed by atoms with Gasteiger partial charge in [-0.05, 0) is 32.0 Å². The second kappa shape index (κ2) is 5.46. The van der Waals surface area contributed by atoms with Gasteiger partial charge in [0.2, 0.25) is 0 Å². The van der Waals surface area contributed by atoms with E-state index in [9.17, 15) is 0 Å². The van der Waals surface area contributed by atoms with Crippen molar-refractivity contribution in [2.75, 3.05) is 26.2 Å². The third-order valence-electron chi connectivity index (χ3n) is 3.18. The molecule has 1 unspecified atom stereocenters. The minimum absolute atomic E-state index is 0.723. The molecule has 16 heavy (non-hydrogen) atoms. The number of aryl methyl sites for hydroxylation is 1. The lowest BCUT2D eigenvalue weighted by atomic mass is 10.1. The monoisotopic (exact) mass is 222 g/mol. The Bertz CT molecular complexity index is 321. The van der Waals surface area contributed by atoms with E-state index in [-0.39, 0.29) is 0 Å². The van der Waals surface area contributed by atoms with Gasteiger partial charge in [0.1, 0.15) is 5.82 Å². The van der Waals surface area contributed by atoms with E-state index in [1.165, 1.54) is 25.3 Å². The standard InChI is InChI=1S/C12H22N4/c1-11-8-13-4-3-6-16(9-11)10-12-14-5-7-15(12)2/h5,7,11,13H,3-4,6,8-10H2,1-2H3. The van der Waals surface area contributed by atoms with Crippen LogP contribution in [0.1, 0.15) is 19.2 Å². The zero-order valence-corrected chi connectivity index (χ0v) is 10.3. The molecule has 0 bridgehead atoms. The van der Waals surface area contributed by atoms with Crippen molar-refractivity contribution in [1.29, 1.82) is 0 Å². The molecule has 0 saturated carbocycles. The molecule has 0 radical (unpaired) electrons. The molecule has 1 aliphatic heterocycles. The maximum atomic E-state index is 4.39. The molecule has 1 fully saturated rings. The summed E-state index contributed by atoms with van der Waals surface area (Å²) in [7, 11) is 2.07. The van der Waals surface area contributed by atoms with Crippen LogP contribution in [-0.2, 0) is 13.6 Å². The zero-order valence-electron chi connectivity index (χ0n) is 10.3. The van der Waals surface area contributed by atoms with Crippen molar-refractivity contribution >= 4 is 0 Å². The Labute approximate surface area is 97.7 Å². The molecular weight excluding hydrogens is 200 g/mol. The van der Waals surface area contributed by atoms with Crippen LogP contribution in [0.2, 0.25) is 0 Å². The van der Waals surface area contributed by atoms with Gasteiger partial charge in [-0.3, -0.25) is 4.90 Å². The summed E-state index contributed by atoms with van der Waals surface area (Å²) in [5.74, 6) is 1.89. The van der Waals surface area contributed by atoms with Crippen molar-refractivity contribution in [2.45, 2.75) is 19.9 Å². The van der Waals surface area contributed by atoms with Crippen molar-refractivity contribution in [2.24, 2.45) is 13.0 Å². The minimum atomic E-state index is 0.723. The molecular formula is C12H22N4. The normalized spacial score (nSPS) is 24.0. The molecule has 2 heterocycles. The number of hydrogen-bond donors (Lipinski definition) is 1. The summed E-state index contributed by atoms with van der Waals surface area (Å²) < 4.78 is 2.11. The number of aromatic nitrogens is 2. The van der Waals surface area contributed by atoms with Gasteiger partial charge in [-0.2, -0.15) is 0 Å². The number of hydrogen-bond acceptors (Lipinski definition) is 3. The van der Waals surface area contributed by atoms with Gasteiger partial charge in [-0.25, -0.2) is 4.98 Å². The molecule has 4 nitrogen and oxygen atoms in total. The molecule has 90 valence electrons. The van der Waals surface area contributed by atoms with Crippen LogP contribution in [0.3, 0.4) is 0 Å². The number of imidazole rings is 1. The van der Waals surface area contributed by atoms with Crippen molar-refractivity contribution in [3.8, 4) is 0 Å². The third-order valence-corrected chi connectivity index (χ3v) is 3.18. The lowest BCUT2D eigenvalue weighted by molar-refractivity contribution is 0.203. The summed E-state index contributed by atoms with van der Waals surface area (Å²) in [5.41, 5.74) is 0. The summed E-state index contributed by atoms with van der Waals surface area (Å²) in [4.78, 5) is 6.92. The molecule has 1 N–H and O–H groups in total. The van der Waals surface area contributed by atoms with Gasteiger partial charge in [-0.1, -0.05) is 6.92 Å². The molecule has 0 aromatic carbocycles. The van der Waals surface area contributed by atoms with E-state index in [1.807, 2.05) is 12.4 Å². The smallest absolute Gasteiger partial charge is 0.122 e. The molecule has 1 aromatic heterocycles. The van der Waals surface area contributed by atoms with Crippen molar-refractivity contribution in [1.82, 2.24) is 19.8 Å². The number of nitrogens with zero attached hydrogens (tertiary/aromatic N) is 3. The van der Waals surface area contributed by atoms with E-state index >= 15 is 0 Å². The highest BCUT2D eigenvalue weighted by Crippen LogP contribution is 2.08. The van der Waals surface area contributed by atoms with Gasteiger partial charge in [0.15, 0.2) is 0 Å². The number of nitrogens with one attached hydrogen (secondary N) is 1. The molecule has 0 amide bonds. The van der Waals surface area contributed by atoms with Crippen LogP contribution in [0, 0.1) is 5.92 Å². The fourth-order valence-corrected chi connectivity index (χ4v) is 2.27. The predicted molar refractivity (Wildman–Crippen MR) is 65.1 cm³/mol. The van der Waals surface area contributed by atoms with Crippen LogP contribution in [-0.4, -0.2) is 40.6 Å². The maximum Gasteiger partial charge on any atom is 0.122 e. The van der Waals surface area contributed by atoms with E-state index in [0.29, 0.717) is 0 Å². The van der Waals surface area contributed by atoms with Crippen LogP contribution in [0.25, 0.3) is 0 Å². The highest BCUT2D eigenvalue weighted by atomic mass is 15.2. The van der Waals surface area contributed by atoms with Crippen molar-refractivity contribution < 1.29 is 0 Å². The first-order valence-corrected chi connectivity index (χ1v) is 6.15. The first-order chi connectivity index (χ1) is 7.75. The fraction of sp³-hybridized carbons (Fsp3) is 0.750. The number of rotatable bonds is 2. The second-order valence-corrected chi connectivity index (χ2v) is 4.85. The Morgan fingerprint density at radius 2 is 2.44 bits per heavy atom. The second-order valence-electron chi connectivity index (χ2n) is 4.85. The molecule has 0 aliphatic carbocycles. The largest absolute Gasteiger partial charge is 0.337 e. The first-order valence-electron chi connectivity index (χ1n) is 6.15. The Hall–Kier alpha value is -0.870. The van der Waals surface area contributed by atoms with Crippen LogP contribution >= 0.6 is 0 Å². The molecule has 4 heteroatoms. The summed E-state index contributed by atoms with van der Waals surface area (Å²) >= 11 is 0. The lowest BCUT2D eigenvalue weighted by Gasteiger charge is -2.28. The SMILES string of the molecule is CC1CNCCCN(Cc2nccn2C)C1. The van der Waals surface area contributed by atoms with Crippen LogP contribution in [0.15, 0.2) is 12.4 Å². The highest BCUT2D eigenvalue weighted by Gasteiger charge is 2.14. The Morgan fingerprint density at radius 1 is 1.56 bits per heavy atom. The summed E-state index contributed by atoms with van der Waals surface area (Å²) in [6.45, 7) is 7.90. The van der Waals surface area contributed by atoms with E-state index in [0.717, 1.165) is 25.6 Å². The van der Waals surface area contributed by atoms with Crippen molar-refractivity contribution in [3.05, 3.63) is 18.2 Å². The maximum absolute atomic E-state index is 4.39. The highest BCUT2D eigenvalue weighted by molar-refractivity contribution is 4.91. The molecule has 1 atom stereocenters. The minimum Gasteiger partial charge on any atom is -0.337 e. The predicted octanol–water partition coefficient (Wildman–Crippen LogP) is 0.851. The fourth-order valence-electron chi connectivity index (χ4n) is 2.27. The van der Waals surface area contributed by atoms with Crippen LogP contribution in [0.4, 0.5) is 0 Å². The first kappa shape index (κ1) is 11.6. The van der Waals surface area contributed by atoms with Crippen LogP contribution < -0.4 is 5.32 Å². The van der Waals surface area contributed by atoms with Gasteiger partial charge in [-0.15, -0.1) is 0 Å². The van der Waals surface area contributed by atoms with E-state index in [1.54, 1.807) is 0 Å². The van der Waals surface area contributed by atoms with E-state index in [2.05, 4.69) is 33.7 Å². The summed E-state index contributed by atoms with van der Waals surface area (Å²) in [6, 6.07) is 0. The molecule has 1 aromatic rings. The van der Waals surface area contributed by atoms with Gasteiger partial charge >= 0.3 is 0 Å². The zero-order chi connectivity index (χ0) is 11.4. The molecule has 2 rings (SSSR count). The van der Waals surface area contributed by atoms with Gasteiger partial charge < -0.3 is 9.88 Å². The average molecular weight is 222 g/mol. The summed E-state index contributed by atoms with van der Waals surface area (Å²) in [5, 5.41) is 3.48. The van der Waals surface area contributed by atoms with Gasteiger partial charge in [0.25, 0.3) is 0 Å². The average Bonchev–Trinajstić information content (AvgIpc) is 2.60. The topological polar surface area (TPSA) is 33.1 Å². The van der Waals surface area contributed by atoms with E-state index < -0.39 is 0 Å².